The van der Waals surface area contributed by atoms with Gasteiger partial charge >= 0.3 is 0 Å². The first-order chi connectivity index (χ1) is 7.57. The Bertz CT molecular complexity index is 343. The van der Waals surface area contributed by atoms with Crippen LogP contribution in [0.25, 0.3) is 0 Å². The second-order valence-electron chi connectivity index (χ2n) is 4.08. The van der Waals surface area contributed by atoms with Gasteiger partial charge in [0.25, 0.3) is 0 Å². The largest absolute Gasteiger partial charge is 0.346 e. The fourth-order valence-corrected chi connectivity index (χ4v) is 1.62. The molecule has 1 rings (SSSR count). The molecule has 1 aromatic carbocycles. The molecule has 0 spiro atoms. The van der Waals surface area contributed by atoms with Gasteiger partial charge in [0.1, 0.15) is 0 Å². The fraction of sp³-hybridized carbons (Fsp3) is 0.462. The Balaban J connectivity index is 0.00000256. The number of nitrogens with two attached hydrogens (primary N) is 1. The number of amides is 1. The smallest absolute Gasteiger partial charge is 0.227 e. The van der Waals surface area contributed by atoms with Crippen LogP contribution < -0.4 is 5.73 Å². The molecule has 0 aliphatic carbocycles. The third-order valence-electron chi connectivity index (χ3n) is 2.96. The summed E-state index contributed by atoms with van der Waals surface area (Å²) in [7, 11) is 1.80. The molecule has 0 bridgehead atoms. The van der Waals surface area contributed by atoms with Gasteiger partial charge in [-0.05, 0) is 12.5 Å². The number of carbonyl (C=O) groups excluding carboxylic acids is 1. The van der Waals surface area contributed by atoms with Crippen molar-refractivity contribution in [2.24, 2.45) is 11.7 Å². The Labute approximate surface area is 109 Å². The number of hydrogen-bond acceptors (Lipinski definition) is 2. The molecule has 0 radical (unpaired) electrons. The highest BCUT2D eigenvalue weighted by Crippen LogP contribution is 2.20. The molecule has 3 nitrogen and oxygen atoms in total. The Hall–Kier alpha value is -1.06. The molecule has 0 saturated carbocycles. The summed E-state index contributed by atoms with van der Waals surface area (Å²) in [4.78, 5) is 13.6. The highest BCUT2D eigenvalue weighted by atomic mass is 35.5. The van der Waals surface area contributed by atoms with E-state index in [2.05, 4.69) is 0 Å². The normalized spacial score (nSPS) is 13.4. The van der Waals surface area contributed by atoms with Crippen LogP contribution in [0.4, 0.5) is 0 Å². The minimum atomic E-state index is -0.234. The Kier molecular flexibility index (Phi) is 6.85. The summed E-state index contributed by atoms with van der Waals surface area (Å²) in [6.45, 7) is 4.55. The van der Waals surface area contributed by atoms with E-state index in [0.717, 1.165) is 5.56 Å². The van der Waals surface area contributed by atoms with E-state index >= 15 is 0 Å². The average molecular weight is 257 g/mol. The molecule has 1 amide bonds. The van der Waals surface area contributed by atoms with Crippen LogP contribution in [-0.4, -0.2) is 24.4 Å². The fourth-order valence-electron chi connectivity index (χ4n) is 1.62. The van der Waals surface area contributed by atoms with Crippen molar-refractivity contribution in [3.63, 3.8) is 0 Å². The van der Waals surface area contributed by atoms with Crippen molar-refractivity contribution in [2.75, 3.05) is 13.6 Å². The zero-order valence-electron chi connectivity index (χ0n) is 10.6. The van der Waals surface area contributed by atoms with Gasteiger partial charge in [0, 0.05) is 19.6 Å². The number of nitrogens with zero attached hydrogens (tertiary/aromatic N) is 1. The first-order valence-electron chi connectivity index (χ1n) is 5.63. The summed E-state index contributed by atoms with van der Waals surface area (Å²) >= 11 is 0. The molecular formula is C13H21ClN2O. The second-order valence-corrected chi connectivity index (χ2v) is 4.08. The quantitative estimate of drug-likeness (QED) is 0.898. The third kappa shape index (κ3) is 4.02. The van der Waals surface area contributed by atoms with E-state index in [1.807, 2.05) is 44.2 Å². The molecule has 0 aliphatic rings. The zero-order chi connectivity index (χ0) is 12.1. The summed E-state index contributed by atoms with van der Waals surface area (Å²) < 4.78 is 0. The molecule has 0 aliphatic heterocycles. The van der Waals surface area contributed by atoms with Gasteiger partial charge in [-0.25, -0.2) is 0 Å². The van der Waals surface area contributed by atoms with Crippen LogP contribution in [0, 0.1) is 5.92 Å². The second kappa shape index (κ2) is 7.30. The van der Waals surface area contributed by atoms with Crippen molar-refractivity contribution in [1.82, 2.24) is 4.90 Å². The lowest BCUT2D eigenvalue weighted by Gasteiger charge is -2.24. The van der Waals surface area contributed by atoms with E-state index in [9.17, 15) is 4.79 Å². The minimum Gasteiger partial charge on any atom is -0.346 e. The first-order valence-corrected chi connectivity index (χ1v) is 5.63. The van der Waals surface area contributed by atoms with E-state index in [1.165, 1.54) is 0 Å². The van der Waals surface area contributed by atoms with Crippen molar-refractivity contribution >= 4 is 18.3 Å². The highest BCUT2D eigenvalue weighted by molar-refractivity contribution is 5.85. The van der Waals surface area contributed by atoms with Crippen LogP contribution in [0.5, 0.6) is 0 Å². The minimum absolute atomic E-state index is 0. The van der Waals surface area contributed by atoms with Crippen molar-refractivity contribution < 1.29 is 4.79 Å². The molecular weight excluding hydrogens is 236 g/mol. The van der Waals surface area contributed by atoms with Crippen molar-refractivity contribution in [1.29, 1.82) is 0 Å². The lowest BCUT2D eigenvalue weighted by atomic mass is 9.94. The van der Waals surface area contributed by atoms with Gasteiger partial charge in [0.05, 0.1) is 5.92 Å². The maximum atomic E-state index is 11.9. The summed E-state index contributed by atoms with van der Waals surface area (Å²) in [5.74, 6) is -0.0915. The van der Waals surface area contributed by atoms with E-state index in [0.29, 0.717) is 6.54 Å². The summed E-state index contributed by atoms with van der Waals surface area (Å²) in [6.07, 6.45) is 0. The van der Waals surface area contributed by atoms with E-state index < -0.39 is 0 Å². The number of benzene rings is 1. The van der Waals surface area contributed by atoms with Crippen LogP contribution in [-0.2, 0) is 4.79 Å². The molecule has 0 aromatic heterocycles. The van der Waals surface area contributed by atoms with Crippen molar-refractivity contribution in [3.05, 3.63) is 35.9 Å². The Morgan fingerprint density at radius 2 is 1.88 bits per heavy atom. The molecule has 96 valence electrons. The van der Waals surface area contributed by atoms with E-state index in [1.54, 1.807) is 11.9 Å². The first kappa shape index (κ1) is 15.9. The Morgan fingerprint density at radius 1 is 1.35 bits per heavy atom. The van der Waals surface area contributed by atoms with E-state index in [-0.39, 0.29) is 30.3 Å². The molecule has 2 atom stereocenters. The predicted molar refractivity (Wildman–Crippen MR) is 73.1 cm³/mol. The number of rotatable bonds is 4. The Morgan fingerprint density at radius 3 is 2.35 bits per heavy atom. The number of hydrogen-bond donors (Lipinski definition) is 1. The van der Waals surface area contributed by atoms with Gasteiger partial charge in [-0.3, -0.25) is 4.79 Å². The monoisotopic (exact) mass is 256 g/mol. The van der Waals surface area contributed by atoms with Crippen molar-refractivity contribution in [3.8, 4) is 0 Å². The predicted octanol–water partition coefficient (Wildman–Crippen LogP) is 2.22. The molecule has 0 heterocycles. The maximum Gasteiger partial charge on any atom is 0.227 e. The molecule has 2 N–H and O–H groups in total. The van der Waals surface area contributed by atoms with Gasteiger partial charge in [-0.2, -0.15) is 0 Å². The van der Waals surface area contributed by atoms with Crippen LogP contribution in [0.15, 0.2) is 30.3 Å². The van der Waals surface area contributed by atoms with Gasteiger partial charge in [0.15, 0.2) is 0 Å². The molecule has 0 saturated heterocycles. The molecule has 2 unspecified atom stereocenters. The number of halogens is 1. The summed E-state index contributed by atoms with van der Waals surface area (Å²) in [5, 5.41) is 0. The van der Waals surface area contributed by atoms with Crippen LogP contribution in [0.3, 0.4) is 0 Å². The van der Waals surface area contributed by atoms with Gasteiger partial charge in [-0.1, -0.05) is 37.3 Å². The lowest BCUT2D eigenvalue weighted by molar-refractivity contribution is -0.134. The topological polar surface area (TPSA) is 46.3 Å². The highest BCUT2D eigenvalue weighted by Gasteiger charge is 2.23. The summed E-state index contributed by atoms with van der Waals surface area (Å²) in [6, 6.07) is 9.51. The average Bonchev–Trinajstić information content (AvgIpc) is 2.36. The summed E-state index contributed by atoms with van der Waals surface area (Å²) in [5.41, 5.74) is 7.09. The third-order valence-corrected chi connectivity index (χ3v) is 2.96. The van der Waals surface area contributed by atoms with Gasteiger partial charge in [-0.15, -0.1) is 12.4 Å². The lowest BCUT2D eigenvalue weighted by Crippen LogP contribution is -2.36. The molecule has 0 fully saturated rings. The molecule has 1 aromatic rings. The van der Waals surface area contributed by atoms with Gasteiger partial charge < -0.3 is 10.6 Å². The number of carbonyl (C=O) groups is 1. The van der Waals surface area contributed by atoms with Crippen LogP contribution >= 0.6 is 12.4 Å². The molecule has 4 heteroatoms. The van der Waals surface area contributed by atoms with Crippen LogP contribution in [0.2, 0.25) is 0 Å². The molecule has 17 heavy (non-hydrogen) atoms. The standard InChI is InChI=1S/C13H20N2O.ClH/c1-4-15(3)13(16)10(2)12(14)11-8-6-5-7-9-11;/h5-10,12H,4,14H2,1-3H3;1H. The van der Waals surface area contributed by atoms with E-state index in [4.69, 9.17) is 5.73 Å². The SMILES string of the molecule is CCN(C)C(=O)C(C)C(N)c1ccccc1.Cl. The maximum absolute atomic E-state index is 11.9. The van der Waals surface area contributed by atoms with Gasteiger partial charge in [0.2, 0.25) is 5.91 Å². The zero-order valence-corrected chi connectivity index (χ0v) is 11.4. The van der Waals surface area contributed by atoms with Crippen LogP contribution in [0.1, 0.15) is 25.5 Å². The van der Waals surface area contributed by atoms with Crippen molar-refractivity contribution in [2.45, 2.75) is 19.9 Å².